The third-order valence-corrected chi connectivity index (χ3v) is 2.44. The van der Waals surface area contributed by atoms with Crippen LogP contribution in [-0.2, 0) is 11.8 Å². The molecule has 0 atom stereocenters. The number of fused-ring (bicyclic) bond motifs is 1. The van der Waals surface area contributed by atoms with Crippen LogP contribution in [0.3, 0.4) is 0 Å². The average Bonchev–Trinajstić information content (AvgIpc) is 2.64. The second-order valence-electron chi connectivity index (χ2n) is 3.68. The molecule has 1 aromatic heterocycles. The largest absolute Gasteiger partial charge is 0.478 e. The van der Waals surface area contributed by atoms with E-state index >= 15 is 0 Å². The number of carboxylic acids is 1. The first kappa shape index (κ1) is 11.3. The molecule has 17 heavy (non-hydrogen) atoms. The minimum absolute atomic E-state index is 0.150. The number of nitrogens with zero attached hydrogens (tertiary/aromatic N) is 3. The lowest BCUT2D eigenvalue weighted by Crippen LogP contribution is -1.94. The summed E-state index contributed by atoms with van der Waals surface area (Å²) in [5.74, 6) is -1.68. The van der Waals surface area contributed by atoms with Crippen LogP contribution in [-0.4, -0.2) is 26.1 Å². The molecule has 0 aliphatic heterocycles. The molecule has 88 valence electrons. The summed E-state index contributed by atoms with van der Waals surface area (Å²) in [6.45, 7) is 1.79. The number of aryl methyl sites for hydroxylation is 2. The quantitative estimate of drug-likeness (QED) is 0.801. The molecule has 0 bridgehead atoms. The van der Waals surface area contributed by atoms with Gasteiger partial charge in [-0.3, -0.25) is 0 Å². The van der Waals surface area contributed by atoms with Gasteiger partial charge < -0.3 is 5.11 Å². The summed E-state index contributed by atoms with van der Waals surface area (Å²) in [4.78, 5) is 10.4. The number of benzene rings is 1. The topological polar surface area (TPSA) is 68.0 Å². The molecule has 0 aliphatic rings. The molecule has 0 saturated heterocycles. The molecule has 2 rings (SSSR count). The number of halogens is 1. The van der Waals surface area contributed by atoms with Gasteiger partial charge in [0.1, 0.15) is 5.52 Å². The Labute approximate surface area is 96.2 Å². The van der Waals surface area contributed by atoms with Gasteiger partial charge in [-0.05, 0) is 24.6 Å². The molecule has 5 nitrogen and oxygen atoms in total. The minimum Gasteiger partial charge on any atom is -0.478 e. The van der Waals surface area contributed by atoms with Crippen molar-refractivity contribution in [2.24, 2.45) is 7.05 Å². The lowest BCUT2D eigenvalue weighted by Gasteiger charge is -2.02. The SMILES string of the molecule is Cc1cc(C=CC(=O)O)c(F)c2nnn(C)c12. The Balaban J connectivity index is 2.67. The van der Waals surface area contributed by atoms with E-state index in [0.29, 0.717) is 5.52 Å². The third kappa shape index (κ3) is 1.89. The van der Waals surface area contributed by atoms with Crippen LogP contribution in [0.1, 0.15) is 11.1 Å². The lowest BCUT2D eigenvalue weighted by molar-refractivity contribution is -0.131. The number of carbonyl (C=O) groups is 1. The van der Waals surface area contributed by atoms with Crippen molar-refractivity contribution in [3.05, 3.63) is 29.1 Å². The van der Waals surface area contributed by atoms with E-state index in [-0.39, 0.29) is 11.1 Å². The summed E-state index contributed by atoms with van der Waals surface area (Å²) < 4.78 is 15.4. The number of aliphatic carboxylic acids is 1. The zero-order chi connectivity index (χ0) is 12.6. The number of carboxylic acid groups (broad SMARTS) is 1. The van der Waals surface area contributed by atoms with E-state index in [1.807, 2.05) is 0 Å². The fourth-order valence-corrected chi connectivity index (χ4v) is 1.73. The van der Waals surface area contributed by atoms with Gasteiger partial charge in [0.25, 0.3) is 0 Å². The van der Waals surface area contributed by atoms with Gasteiger partial charge in [-0.1, -0.05) is 5.21 Å². The van der Waals surface area contributed by atoms with Crippen molar-refractivity contribution in [1.82, 2.24) is 15.0 Å². The van der Waals surface area contributed by atoms with Gasteiger partial charge in [0, 0.05) is 18.7 Å². The minimum atomic E-state index is -1.12. The maximum absolute atomic E-state index is 14.0. The van der Waals surface area contributed by atoms with Crippen molar-refractivity contribution in [2.45, 2.75) is 6.92 Å². The highest BCUT2D eigenvalue weighted by Gasteiger charge is 2.13. The normalized spacial score (nSPS) is 11.5. The van der Waals surface area contributed by atoms with Crippen molar-refractivity contribution in [3.63, 3.8) is 0 Å². The van der Waals surface area contributed by atoms with Crippen LogP contribution in [0.4, 0.5) is 4.39 Å². The fourth-order valence-electron chi connectivity index (χ4n) is 1.73. The van der Waals surface area contributed by atoms with Crippen LogP contribution in [0.5, 0.6) is 0 Å². The Kier molecular flexibility index (Phi) is 2.63. The van der Waals surface area contributed by atoms with E-state index in [2.05, 4.69) is 10.3 Å². The second kappa shape index (κ2) is 3.97. The molecule has 0 fully saturated rings. The lowest BCUT2D eigenvalue weighted by atomic mass is 10.1. The van der Waals surface area contributed by atoms with Gasteiger partial charge in [0.15, 0.2) is 5.82 Å². The monoisotopic (exact) mass is 235 g/mol. The Morgan fingerprint density at radius 2 is 2.29 bits per heavy atom. The van der Waals surface area contributed by atoms with Crippen LogP contribution >= 0.6 is 0 Å². The van der Waals surface area contributed by atoms with Crippen LogP contribution < -0.4 is 0 Å². The van der Waals surface area contributed by atoms with Gasteiger partial charge in [-0.15, -0.1) is 5.10 Å². The molecule has 0 radical (unpaired) electrons. The summed E-state index contributed by atoms with van der Waals surface area (Å²) in [5, 5.41) is 16.0. The van der Waals surface area contributed by atoms with Gasteiger partial charge in [0.05, 0.1) is 5.52 Å². The maximum atomic E-state index is 14.0. The number of hydrogen-bond acceptors (Lipinski definition) is 3. The molecular formula is C11H10FN3O2. The molecule has 0 saturated carbocycles. The van der Waals surface area contributed by atoms with Gasteiger partial charge >= 0.3 is 5.97 Å². The number of hydrogen-bond donors (Lipinski definition) is 1. The molecule has 1 aromatic carbocycles. The maximum Gasteiger partial charge on any atom is 0.328 e. The first-order valence-electron chi connectivity index (χ1n) is 4.90. The van der Waals surface area contributed by atoms with E-state index in [1.165, 1.54) is 10.8 Å². The molecule has 0 spiro atoms. The summed E-state index contributed by atoms with van der Waals surface area (Å²) in [5.41, 5.74) is 1.74. The first-order valence-corrected chi connectivity index (χ1v) is 4.90. The van der Waals surface area contributed by atoms with Gasteiger partial charge in [-0.25, -0.2) is 13.9 Å². The van der Waals surface area contributed by atoms with Crippen LogP contribution in [0, 0.1) is 12.7 Å². The molecule has 0 amide bonds. The van der Waals surface area contributed by atoms with E-state index in [4.69, 9.17) is 5.11 Å². The highest BCUT2D eigenvalue weighted by atomic mass is 19.1. The van der Waals surface area contributed by atoms with Crippen molar-refractivity contribution >= 4 is 23.1 Å². The Bertz CT molecular complexity index is 631. The highest BCUT2D eigenvalue weighted by Crippen LogP contribution is 2.23. The summed E-state index contributed by atoms with van der Waals surface area (Å²) in [6.07, 6.45) is 2.10. The second-order valence-corrected chi connectivity index (χ2v) is 3.68. The predicted octanol–water partition coefficient (Wildman–Crippen LogP) is 1.51. The predicted molar refractivity (Wildman–Crippen MR) is 59.9 cm³/mol. The molecule has 0 aliphatic carbocycles. The van der Waals surface area contributed by atoms with Gasteiger partial charge in [0.2, 0.25) is 0 Å². The fraction of sp³-hybridized carbons (Fsp3) is 0.182. The van der Waals surface area contributed by atoms with Crippen molar-refractivity contribution < 1.29 is 14.3 Å². The van der Waals surface area contributed by atoms with Crippen molar-refractivity contribution in [2.75, 3.05) is 0 Å². The summed E-state index contributed by atoms with van der Waals surface area (Å²) >= 11 is 0. The Morgan fingerprint density at radius 3 is 2.94 bits per heavy atom. The Hall–Kier alpha value is -2.24. The third-order valence-electron chi connectivity index (χ3n) is 2.44. The van der Waals surface area contributed by atoms with Crippen LogP contribution in [0.15, 0.2) is 12.1 Å². The van der Waals surface area contributed by atoms with E-state index in [1.54, 1.807) is 20.0 Å². The van der Waals surface area contributed by atoms with Crippen molar-refractivity contribution in [1.29, 1.82) is 0 Å². The number of rotatable bonds is 2. The summed E-state index contributed by atoms with van der Waals surface area (Å²) in [7, 11) is 1.68. The molecule has 0 unspecified atom stereocenters. The molecule has 2 aromatic rings. The van der Waals surface area contributed by atoms with E-state index in [9.17, 15) is 9.18 Å². The van der Waals surface area contributed by atoms with E-state index < -0.39 is 11.8 Å². The average molecular weight is 235 g/mol. The smallest absolute Gasteiger partial charge is 0.328 e. The number of aromatic nitrogens is 3. The molecule has 1 heterocycles. The standard InChI is InChI=1S/C11H10FN3O2/c1-6-5-7(3-4-8(16)17)9(12)10-11(6)15(2)14-13-10/h3-5H,1-2H3,(H,16,17). The molecule has 6 heteroatoms. The zero-order valence-corrected chi connectivity index (χ0v) is 9.31. The first-order chi connectivity index (χ1) is 8.00. The van der Waals surface area contributed by atoms with E-state index in [0.717, 1.165) is 11.6 Å². The van der Waals surface area contributed by atoms with Crippen LogP contribution in [0.25, 0.3) is 17.1 Å². The van der Waals surface area contributed by atoms with Gasteiger partial charge in [-0.2, -0.15) is 0 Å². The summed E-state index contributed by atoms with van der Waals surface area (Å²) in [6, 6.07) is 1.57. The highest BCUT2D eigenvalue weighted by molar-refractivity contribution is 5.88. The van der Waals surface area contributed by atoms with Crippen molar-refractivity contribution in [3.8, 4) is 0 Å². The Morgan fingerprint density at radius 1 is 1.59 bits per heavy atom. The zero-order valence-electron chi connectivity index (χ0n) is 9.31. The van der Waals surface area contributed by atoms with Crippen LogP contribution in [0.2, 0.25) is 0 Å². The molecular weight excluding hydrogens is 225 g/mol. The molecule has 1 N–H and O–H groups in total.